The summed E-state index contributed by atoms with van der Waals surface area (Å²) in [6, 6.07) is 5.73. The third-order valence-corrected chi connectivity index (χ3v) is 4.16. The summed E-state index contributed by atoms with van der Waals surface area (Å²) < 4.78 is 0.907. The van der Waals surface area contributed by atoms with Gasteiger partial charge in [-0.2, -0.15) is 0 Å². The number of amides is 2. The van der Waals surface area contributed by atoms with E-state index in [9.17, 15) is 4.79 Å². The number of rotatable bonds is 5. The van der Waals surface area contributed by atoms with Crippen molar-refractivity contribution in [1.29, 1.82) is 0 Å². The molecule has 2 rings (SSSR count). The summed E-state index contributed by atoms with van der Waals surface area (Å²) in [5.74, 6) is 0. The molecule has 4 nitrogen and oxygen atoms in total. The largest absolute Gasteiger partial charge is 0.338 e. The van der Waals surface area contributed by atoms with Crippen molar-refractivity contribution in [2.24, 2.45) is 0 Å². The Hall–Kier alpha value is -1.07. The number of benzene rings is 1. The molecule has 0 saturated carbocycles. The summed E-state index contributed by atoms with van der Waals surface area (Å²) in [6.45, 7) is 6.23. The van der Waals surface area contributed by atoms with Crippen molar-refractivity contribution in [3.8, 4) is 0 Å². The molecule has 0 aromatic heterocycles. The highest BCUT2D eigenvalue weighted by molar-refractivity contribution is 9.10. The van der Waals surface area contributed by atoms with Crippen LogP contribution in [0.1, 0.15) is 24.8 Å². The minimum atomic E-state index is -0.143. The highest BCUT2D eigenvalue weighted by Gasteiger charge is 2.10. The Morgan fingerprint density at radius 2 is 2.10 bits per heavy atom. The molecule has 20 heavy (non-hydrogen) atoms. The van der Waals surface area contributed by atoms with Gasteiger partial charge in [-0.1, -0.05) is 6.07 Å². The Morgan fingerprint density at radius 1 is 1.35 bits per heavy atom. The first-order valence-corrected chi connectivity index (χ1v) is 7.98. The van der Waals surface area contributed by atoms with Crippen molar-refractivity contribution in [2.75, 3.05) is 31.5 Å². The number of nitrogens with zero attached hydrogens (tertiary/aromatic N) is 1. The van der Waals surface area contributed by atoms with Crippen LogP contribution >= 0.6 is 15.9 Å². The van der Waals surface area contributed by atoms with Crippen LogP contribution in [0.25, 0.3) is 0 Å². The molecule has 0 unspecified atom stereocenters. The third kappa shape index (κ3) is 4.80. The maximum atomic E-state index is 11.8. The highest BCUT2D eigenvalue weighted by Crippen LogP contribution is 2.23. The molecule has 1 saturated heterocycles. The van der Waals surface area contributed by atoms with Gasteiger partial charge in [0.15, 0.2) is 0 Å². The van der Waals surface area contributed by atoms with E-state index in [2.05, 4.69) is 31.5 Å². The number of aryl methyl sites for hydroxylation is 1. The first kappa shape index (κ1) is 15.3. The molecule has 1 heterocycles. The van der Waals surface area contributed by atoms with Crippen LogP contribution in [-0.4, -0.2) is 37.1 Å². The highest BCUT2D eigenvalue weighted by atomic mass is 79.9. The molecule has 0 spiro atoms. The maximum Gasteiger partial charge on any atom is 0.319 e. The average molecular weight is 340 g/mol. The first-order valence-electron chi connectivity index (χ1n) is 7.18. The molecule has 2 amide bonds. The van der Waals surface area contributed by atoms with Gasteiger partial charge in [-0.05, 0) is 79.4 Å². The number of carbonyl (C=O) groups is 1. The Balaban J connectivity index is 1.67. The van der Waals surface area contributed by atoms with Gasteiger partial charge in [-0.15, -0.1) is 0 Å². The summed E-state index contributed by atoms with van der Waals surface area (Å²) in [6.07, 6.45) is 3.63. The molecule has 0 atom stereocenters. The van der Waals surface area contributed by atoms with Gasteiger partial charge in [-0.25, -0.2) is 4.79 Å². The van der Waals surface area contributed by atoms with Gasteiger partial charge in [0.25, 0.3) is 0 Å². The third-order valence-electron chi connectivity index (χ3n) is 3.51. The molecular weight excluding hydrogens is 318 g/mol. The van der Waals surface area contributed by atoms with Gasteiger partial charge in [0.05, 0.1) is 5.69 Å². The van der Waals surface area contributed by atoms with Crippen LogP contribution in [0.3, 0.4) is 0 Å². The lowest BCUT2D eigenvalue weighted by atomic mass is 10.2. The van der Waals surface area contributed by atoms with E-state index < -0.39 is 0 Å². The van der Waals surface area contributed by atoms with Gasteiger partial charge in [-0.3, -0.25) is 0 Å². The zero-order valence-electron chi connectivity index (χ0n) is 11.9. The van der Waals surface area contributed by atoms with Gasteiger partial charge < -0.3 is 15.5 Å². The second-order valence-corrected chi connectivity index (χ2v) is 6.12. The molecule has 1 aromatic rings. The molecule has 5 heteroatoms. The molecule has 110 valence electrons. The minimum Gasteiger partial charge on any atom is -0.338 e. The Bertz CT molecular complexity index is 458. The first-order chi connectivity index (χ1) is 9.65. The second-order valence-electron chi connectivity index (χ2n) is 5.27. The number of hydrogen-bond donors (Lipinski definition) is 2. The van der Waals surface area contributed by atoms with Crippen LogP contribution in [0, 0.1) is 6.92 Å². The second kappa shape index (κ2) is 7.64. The lowest BCUT2D eigenvalue weighted by Gasteiger charge is -2.14. The smallest absolute Gasteiger partial charge is 0.319 e. The van der Waals surface area contributed by atoms with Crippen LogP contribution in [0.5, 0.6) is 0 Å². The molecule has 2 N–H and O–H groups in total. The van der Waals surface area contributed by atoms with E-state index in [1.165, 1.54) is 25.9 Å². The number of carbonyl (C=O) groups excluding carboxylic acids is 1. The van der Waals surface area contributed by atoms with Crippen molar-refractivity contribution < 1.29 is 4.79 Å². The number of likely N-dealkylation sites (tertiary alicyclic amines) is 1. The molecule has 0 radical (unpaired) electrons. The van der Waals surface area contributed by atoms with Crippen LogP contribution in [0.2, 0.25) is 0 Å². The standard InChI is InChI=1S/C15H22BrN3O/c1-12-5-6-14(13(16)11-12)18-15(20)17-7-4-10-19-8-2-3-9-19/h5-6,11H,2-4,7-10H2,1H3,(H2,17,18,20). The minimum absolute atomic E-state index is 0.143. The van der Waals surface area contributed by atoms with Crippen molar-refractivity contribution in [2.45, 2.75) is 26.2 Å². The molecule has 0 bridgehead atoms. The topological polar surface area (TPSA) is 44.4 Å². The van der Waals surface area contributed by atoms with E-state index in [0.29, 0.717) is 6.54 Å². The van der Waals surface area contributed by atoms with E-state index in [0.717, 1.165) is 28.7 Å². The Morgan fingerprint density at radius 3 is 2.80 bits per heavy atom. The van der Waals surface area contributed by atoms with E-state index in [1.807, 2.05) is 25.1 Å². The number of halogens is 1. The number of anilines is 1. The SMILES string of the molecule is Cc1ccc(NC(=O)NCCCN2CCCC2)c(Br)c1. The number of urea groups is 1. The van der Waals surface area contributed by atoms with Crippen LogP contribution in [0.4, 0.5) is 10.5 Å². The number of hydrogen-bond acceptors (Lipinski definition) is 2. The van der Waals surface area contributed by atoms with Crippen molar-refractivity contribution >= 4 is 27.6 Å². The normalized spacial score (nSPS) is 15.3. The summed E-state index contributed by atoms with van der Waals surface area (Å²) in [5.41, 5.74) is 1.96. The molecule has 1 aromatic carbocycles. The summed E-state index contributed by atoms with van der Waals surface area (Å²) >= 11 is 3.45. The fourth-order valence-corrected chi connectivity index (χ4v) is 2.99. The molecule has 1 fully saturated rings. The van der Waals surface area contributed by atoms with Gasteiger partial charge in [0.1, 0.15) is 0 Å². The monoisotopic (exact) mass is 339 g/mol. The summed E-state index contributed by atoms with van der Waals surface area (Å²) in [7, 11) is 0. The van der Waals surface area contributed by atoms with E-state index in [4.69, 9.17) is 0 Å². The maximum absolute atomic E-state index is 11.8. The predicted octanol–water partition coefficient (Wildman–Crippen LogP) is 3.36. The average Bonchev–Trinajstić information content (AvgIpc) is 2.91. The zero-order chi connectivity index (χ0) is 14.4. The van der Waals surface area contributed by atoms with Gasteiger partial charge in [0.2, 0.25) is 0 Å². The predicted molar refractivity (Wildman–Crippen MR) is 86.2 cm³/mol. The quantitative estimate of drug-likeness (QED) is 0.808. The Kier molecular flexibility index (Phi) is 5.86. The van der Waals surface area contributed by atoms with E-state index >= 15 is 0 Å². The fraction of sp³-hybridized carbons (Fsp3) is 0.533. The van der Waals surface area contributed by atoms with E-state index in [-0.39, 0.29) is 6.03 Å². The zero-order valence-corrected chi connectivity index (χ0v) is 13.5. The lowest BCUT2D eigenvalue weighted by molar-refractivity contribution is 0.251. The molecule has 1 aliphatic heterocycles. The summed E-state index contributed by atoms with van der Waals surface area (Å²) in [5, 5.41) is 5.75. The number of nitrogens with one attached hydrogen (secondary N) is 2. The van der Waals surface area contributed by atoms with Crippen LogP contribution in [-0.2, 0) is 0 Å². The summed E-state index contributed by atoms with van der Waals surface area (Å²) in [4.78, 5) is 14.2. The molecular formula is C15H22BrN3O. The van der Waals surface area contributed by atoms with Crippen LogP contribution in [0.15, 0.2) is 22.7 Å². The van der Waals surface area contributed by atoms with Crippen molar-refractivity contribution in [3.05, 3.63) is 28.2 Å². The van der Waals surface area contributed by atoms with Crippen LogP contribution < -0.4 is 10.6 Å². The lowest BCUT2D eigenvalue weighted by Crippen LogP contribution is -2.32. The fourth-order valence-electron chi connectivity index (χ4n) is 2.40. The van der Waals surface area contributed by atoms with Gasteiger partial charge in [0, 0.05) is 11.0 Å². The molecule has 1 aliphatic rings. The van der Waals surface area contributed by atoms with E-state index in [1.54, 1.807) is 0 Å². The van der Waals surface area contributed by atoms with Crippen molar-refractivity contribution in [3.63, 3.8) is 0 Å². The molecule has 0 aliphatic carbocycles. The van der Waals surface area contributed by atoms with Crippen molar-refractivity contribution in [1.82, 2.24) is 10.2 Å². The Labute approximate surface area is 129 Å². The van der Waals surface area contributed by atoms with Gasteiger partial charge >= 0.3 is 6.03 Å².